The molecule has 0 bridgehead atoms. The molecule has 3 N–H and O–H groups in total. The molecule has 2 rings (SSSR count). The van der Waals surface area contributed by atoms with Gasteiger partial charge in [-0.25, -0.2) is 0 Å². The van der Waals surface area contributed by atoms with Crippen LogP contribution in [-0.2, 0) is 6.42 Å². The van der Waals surface area contributed by atoms with Crippen LogP contribution in [0.1, 0.15) is 35.2 Å². The number of benzene rings is 1. The molecule has 1 aliphatic rings. The quantitative estimate of drug-likeness (QED) is 0.796. The largest absolute Gasteiger partial charge is 0.352 e. The van der Waals surface area contributed by atoms with Gasteiger partial charge in [-0.2, -0.15) is 0 Å². The summed E-state index contributed by atoms with van der Waals surface area (Å²) >= 11 is 0. The van der Waals surface area contributed by atoms with Crippen LogP contribution in [-0.4, -0.2) is 19.0 Å². The topological polar surface area (TPSA) is 55.1 Å². The highest BCUT2D eigenvalue weighted by Gasteiger charge is 2.12. The maximum atomic E-state index is 12.0. The van der Waals surface area contributed by atoms with E-state index in [-0.39, 0.29) is 5.91 Å². The zero-order chi connectivity index (χ0) is 13.5. The van der Waals surface area contributed by atoms with Crippen LogP contribution >= 0.6 is 0 Å². The first kappa shape index (κ1) is 13.8. The summed E-state index contributed by atoms with van der Waals surface area (Å²) in [6.45, 7) is 1.41. The third kappa shape index (κ3) is 4.21. The van der Waals surface area contributed by atoms with E-state index in [1.54, 1.807) is 0 Å². The Morgan fingerprint density at radius 2 is 2.05 bits per heavy atom. The second-order valence-corrected chi connectivity index (χ2v) is 5.10. The molecular formula is C16H22N2O. The number of hydrogen-bond donors (Lipinski definition) is 2. The molecule has 0 saturated heterocycles. The van der Waals surface area contributed by atoms with Gasteiger partial charge in [0, 0.05) is 12.1 Å². The molecule has 0 spiro atoms. The fourth-order valence-corrected chi connectivity index (χ4v) is 2.37. The second kappa shape index (κ2) is 7.10. The van der Waals surface area contributed by atoms with Crippen molar-refractivity contribution in [1.29, 1.82) is 0 Å². The number of carbonyl (C=O) groups is 1. The molecule has 0 saturated carbocycles. The van der Waals surface area contributed by atoms with Crippen molar-refractivity contribution < 1.29 is 4.79 Å². The summed E-state index contributed by atoms with van der Waals surface area (Å²) in [7, 11) is 0. The highest BCUT2D eigenvalue weighted by Crippen LogP contribution is 2.17. The zero-order valence-electron chi connectivity index (χ0n) is 11.3. The average molecular weight is 258 g/mol. The highest BCUT2D eigenvalue weighted by atomic mass is 16.1. The van der Waals surface area contributed by atoms with Crippen LogP contribution in [0.4, 0.5) is 0 Å². The first-order valence-electron chi connectivity index (χ1n) is 7.02. The number of nitrogens with two attached hydrogens (primary N) is 1. The lowest BCUT2D eigenvalue weighted by Gasteiger charge is -2.18. The molecule has 102 valence electrons. The molecule has 1 unspecified atom stereocenters. The first-order chi connectivity index (χ1) is 9.29. The number of hydrogen-bond acceptors (Lipinski definition) is 2. The van der Waals surface area contributed by atoms with E-state index in [1.165, 1.54) is 12.0 Å². The minimum atomic E-state index is 0.0221. The Labute approximate surface area is 114 Å². The molecule has 0 fully saturated rings. The monoisotopic (exact) mass is 258 g/mol. The SMILES string of the molecule is NCCc1ccc(C(=O)NCC2CC=CCC2)cc1. The van der Waals surface area contributed by atoms with Crippen molar-refractivity contribution in [3.05, 3.63) is 47.5 Å². The van der Waals surface area contributed by atoms with E-state index in [0.29, 0.717) is 12.5 Å². The zero-order valence-corrected chi connectivity index (χ0v) is 11.3. The molecule has 0 heterocycles. The number of rotatable bonds is 5. The van der Waals surface area contributed by atoms with Crippen LogP contribution in [0.5, 0.6) is 0 Å². The summed E-state index contributed by atoms with van der Waals surface area (Å²) in [6.07, 6.45) is 8.67. The van der Waals surface area contributed by atoms with Crippen molar-refractivity contribution >= 4 is 5.91 Å². The second-order valence-electron chi connectivity index (χ2n) is 5.10. The Kier molecular flexibility index (Phi) is 5.16. The van der Waals surface area contributed by atoms with Gasteiger partial charge in [-0.3, -0.25) is 4.79 Å². The van der Waals surface area contributed by atoms with Crippen LogP contribution in [0.15, 0.2) is 36.4 Å². The lowest BCUT2D eigenvalue weighted by Crippen LogP contribution is -2.29. The van der Waals surface area contributed by atoms with Gasteiger partial charge in [0.25, 0.3) is 5.91 Å². The minimum absolute atomic E-state index is 0.0221. The molecule has 1 aliphatic carbocycles. The molecule has 3 nitrogen and oxygen atoms in total. The minimum Gasteiger partial charge on any atom is -0.352 e. The summed E-state index contributed by atoms with van der Waals surface area (Å²) in [5, 5.41) is 3.02. The fraction of sp³-hybridized carbons (Fsp3) is 0.438. The third-order valence-electron chi connectivity index (χ3n) is 3.58. The molecule has 0 aromatic heterocycles. The van der Waals surface area contributed by atoms with E-state index in [4.69, 9.17) is 5.73 Å². The van der Waals surface area contributed by atoms with Crippen molar-refractivity contribution in [1.82, 2.24) is 5.32 Å². The molecule has 1 aromatic carbocycles. The van der Waals surface area contributed by atoms with Crippen LogP contribution in [0.2, 0.25) is 0 Å². The van der Waals surface area contributed by atoms with Crippen LogP contribution in [0.25, 0.3) is 0 Å². The molecule has 3 heteroatoms. The van der Waals surface area contributed by atoms with E-state index >= 15 is 0 Å². The van der Waals surface area contributed by atoms with E-state index in [0.717, 1.165) is 31.4 Å². The number of carbonyl (C=O) groups excluding carboxylic acids is 1. The van der Waals surface area contributed by atoms with Crippen LogP contribution in [0.3, 0.4) is 0 Å². The molecular weight excluding hydrogens is 236 g/mol. The number of amides is 1. The standard InChI is InChI=1S/C16H22N2O/c17-11-10-13-6-8-15(9-7-13)16(19)18-12-14-4-2-1-3-5-14/h1-2,6-9,14H,3-5,10-12,17H2,(H,18,19). The van der Waals surface area contributed by atoms with Crippen molar-refractivity contribution in [2.24, 2.45) is 11.7 Å². The van der Waals surface area contributed by atoms with E-state index in [1.807, 2.05) is 24.3 Å². The van der Waals surface area contributed by atoms with Crippen LogP contribution < -0.4 is 11.1 Å². The lowest BCUT2D eigenvalue weighted by atomic mass is 9.94. The molecule has 1 amide bonds. The maximum absolute atomic E-state index is 12.0. The Bertz CT molecular complexity index is 437. The van der Waals surface area contributed by atoms with Crippen LogP contribution in [0, 0.1) is 5.92 Å². The van der Waals surface area contributed by atoms with Gasteiger partial charge in [0.2, 0.25) is 0 Å². The normalized spacial score (nSPS) is 18.3. The van der Waals surface area contributed by atoms with Gasteiger partial charge in [-0.1, -0.05) is 24.3 Å². The molecule has 0 radical (unpaired) electrons. The molecule has 19 heavy (non-hydrogen) atoms. The fourth-order valence-electron chi connectivity index (χ4n) is 2.37. The predicted molar refractivity (Wildman–Crippen MR) is 78.0 cm³/mol. The molecule has 1 aromatic rings. The number of allylic oxidation sites excluding steroid dienone is 2. The smallest absolute Gasteiger partial charge is 0.251 e. The summed E-state index contributed by atoms with van der Waals surface area (Å²) in [5.74, 6) is 0.610. The first-order valence-corrected chi connectivity index (χ1v) is 7.02. The predicted octanol–water partition coefficient (Wildman–Crippen LogP) is 2.27. The molecule has 1 atom stereocenters. The lowest BCUT2D eigenvalue weighted by molar-refractivity contribution is 0.0946. The van der Waals surface area contributed by atoms with Crippen molar-refractivity contribution in [3.63, 3.8) is 0 Å². The average Bonchev–Trinajstić information content (AvgIpc) is 2.47. The van der Waals surface area contributed by atoms with Crippen molar-refractivity contribution in [3.8, 4) is 0 Å². The van der Waals surface area contributed by atoms with Gasteiger partial charge < -0.3 is 11.1 Å². The van der Waals surface area contributed by atoms with Gasteiger partial charge in [-0.05, 0) is 55.8 Å². The Balaban J connectivity index is 1.83. The van der Waals surface area contributed by atoms with E-state index in [2.05, 4.69) is 17.5 Å². The van der Waals surface area contributed by atoms with Gasteiger partial charge in [0.05, 0.1) is 0 Å². The van der Waals surface area contributed by atoms with Crippen molar-refractivity contribution in [2.45, 2.75) is 25.7 Å². The third-order valence-corrected chi connectivity index (χ3v) is 3.58. The van der Waals surface area contributed by atoms with Gasteiger partial charge >= 0.3 is 0 Å². The summed E-state index contributed by atoms with van der Waals surface area (Å²) in [5.41, 5.74) is 7.41. The van der Waals surface area contributed by atoms with Gasteiger partial charge in [0.1, 0.15) is 0 Å². The maximum Gasteiger partial charge on any atom is 0.251 e. The highest BCUT2D eigenvalue weighted by molar-refractivity contribution is 5.94. The molecule has 0 aliphatic heterocycles. The van der Waals surface area contributed by atoms with Gasteiger partial charge in [0.15, 0.2) is 0 Å². The Morgan fingerprint density at radius 1 is 1.26 bits per heavy atom. The summed E-state index contributed by atoms with van der Waals surface area (Å²) in [6, 6.07) is 7.71. The van der Waals surface area contributed by atoms with E-state index < -0.39 is 0 Å². The summed E-state index contributed by atoms with van der Waals surface area (Å²) < 4.78 is 0. The summed E-state index contributed by atoms with van der Waals surface area (Å²) in [4.78, 5) is 12.0. The van der Waals surface area contributed by atoms with Crippen molar-refractivity contribution in [2.75, 3.05) is 13.1 Å². The number of nitrogens with one attached hydrogen (secondary N) is 1. The van der Waals surface area contributed by atoms with E-state index in [9.17, 15) is 4.79 Å². The Hall–Kier alpha value is -1.61. The Morgan fingerprint density at radius 3 is 2.68 bits per heavy atom. The van der Waals surface area contributed by atoms with Gasteiger partial charge in [-0.15, -0.1) is 0 Å².